The lowest BCUT2D eigenvalue weighted by atomic mass is 10.1. The van der Waals surface area contributed by atoms with Crippen LogP contribution in [0.15, 0.2) is 54.6 Å². The minimum absolute atomic E-state index is 0.0611. The van der Waals surface area contributed by atoms with Crippen LogP contribution in [-0.4, -0.2) is 51.4 Å². The van der Waals surface area contributed by atoms with Crippen LogP contribution in [0, 0.1) is 12.8 Å². The van der Waals surface area contributed by atoms with E-state index >= 15 is 0 Å². The highest BCUT2D eigenvalue weighted by molar-refractivity contribution is 5.93. The molecule has 0 aliphatic carbocycles. The molecule has 0 spiro atoms. The highest BCUT2D eigenvalue weighted by Gasteiger charge is 2.30. The van der Waals surface area contributed by atoms with E-state index in [0.29, 0.717) is 44.0 Å². The van der Waals surface area contributed by atoms with Crippen molar-refractivity contribution in [1.82, 2.24) is 25.2 Å². The van der Waals surface area contributed by atoms with Crippen LogP contribution < -0.4 is 10.1 Å². The van der Waals surface area contributed by atoms with Crippen molar-refractivity contribution in [3.8, 4) is 11.4 Å². The zero-order valence-corrected chi connectivity index (χ0v) is 18.3. The van der Waals surface area contributed by atoms with Crippen molar-refractivity contribution >= 4 is 11.8 Å². The fourth-order valence-electron chi connectivity index (χ4n) is 3.94. The lowest BCUT2D eigenvalue weighted by Gasteiger charge is -2.17. The first kappa shape index (κ1) is 21.5. The van der Waals surface area contributed by atoms with Crippen molar-refractivity contribution in [2.24, 2.45) is 5.92 Å². The Morgan fingerprint density at radius 3 is 2.78 bits per heavy atom. The van der Waals surface area contributed by atoms with E-state index in [9.17, 15) is 9.59 Å². The minimum atomic E-state index is -0.278. The number of hydrogen-bond donors (Lipinski definition) is 1. The number of ether oxygens (including phenoxy) is 1. The molecule has 8 nitrogen and oxygen atoms in total. The smallest absolute Gasteiger partial charge is 0.273 e. The molecule has 0 saturated carbocycles. The standard InChI is InChI=1S/C24H27N5O3/c1-3-32-21-11-7-8-18(12-21)15-28-16-19(13-22(28)30)14-25-24(31)23-17(2)29(27-26-23)20-9-5-4-6-10-20/h4-12,19H,3,13-16H2,1-2H3,(H,25,31). The highest BCUT2D eigenvalue weighted by atomic mass is 16.5. The second-order valence-electron chi connectivity index (χ2n) is 7.91. The summed E-state index contributed by atoms with van der Waals surface area (Å²) >= 11 is 0. The SMILES string of the molecule is CCOc1cccc(CN2CC(CNC(=O)c3nnn(-c4ccccc4)c3C)CC2=O)c1. The van der Waals surface area contributed by atoms with Gasteiger partial charge in [-0.1, -0.05) is 35.5 Å². The van der Waals surface area contributed by atoms with Gasteiger partial charge in [-0.15, -0.1) is 5.10 Å². The number of hydrogen-bond acceptors (Lipinski definition) is 5. The quantitative estimate of drug-likeness (QED) is 0.590. The van der Waals surface area contributed by atoms with E-state index in [4.69, 9.17) is 4.74 Å². The van der Waals surface area contributed by atoms with Crippen LogP contribution >= 0.6 is 0 Å². The van der Waals surface area contributed by atoms with Gasteiger partial charge >= 0.3 is 0 Å². The van der Waals surface area contributed by atoms with E-state index in [1.807, 2.05) is 73.3 Å². The van der Waals surface area contributed by atoms with Crippen molar-refractivity contribution in [2.45, 2.75) is 26.8 Å². The topological polar surface area (TPSA) is 89.3 Å². The van der Waals surface area contributed by atoms with Gasteiger partial charge < -0.3 is 15.0 Å². The summed E-state index contributed by atoms with van der Waals surface area (Å²) in [4.78, 5) is 27.0. The third-order valence-corrected chi connectivity index (χ3v) is 5.54. The molecular weight excluding hydrogens is 406 g/mol. The van der Waals surface area contributed by atoms with Crippen LogP contribution in [0.25, 0.3) is 5.69 Å². The minimum Gasteiger partial charge on any atom is -0.494 e. The molecule has 0 radical (unpaired) electrons. The average Bonchev–Trinajstić information content (AvgIpc) is 3.35. The Morgan fingerprint density at radius 2 is 2.00 bits per heavy atom. The van der Waals surface area contributed by atoms with Gasteiger partial charge in [0.2, 0.25) is 5.91 Å². The molecule has 1 aliphatic heterocycles. The molecule has 2 aromatic carbocycles. The molecule has 32 heavy (non-hydrogen) atoms. The molecule has 4 rings (SSSR count). The van der Waals surface area contributed by atoms with Gasteiger partial charge in [-0.25, -0.2) is 4.68 Å². The molecule has 1 saturated heterocycles. The van der Waals surface area contributed by atoms with E-state index in [1.165, 1.54) is 0 Å². The highest BCUT2D eigenvalue weighted by Crippen LogP contribution is 2.22. The number of carbonyl (C=O) groups is 2. The molecule has 166 valence electrons. The number of carbonyl (C=O) groups excluding carboxylic acids is 2. The number of amides is 2. The number of nitrogens with zero attached hydrogens (tertiary/aromatic N) is 4. The number of aromatic nitrogens is 3. The van der Waals surface area contributed by atoms with Gasteiger partial charge in [0.05, 0.1) is 18.0 Å². The molecule has 1 atom stereocenters. The molecule has 1 aromatic heterocycles. The maximum absolute atomic E-state index is 12.7. The third kappa shape index (κ3) is 4.80. The monoisotopic (exact) mass is 433 g/mol. The molecule has 2 amide bonds. The second-order valence-corrected chi connectivity index (χ2v) is 7.91. The predicted molar refractivity (Wildman–Crippen MR) is 120 cm³/mol. The van der Waals surface area contributed by atoms with Crippen molar-refractivity contribution in [1.29, 1.82) is 0 Å². The molecule has 1 N–H and O–H groups in total. The Hall–Kier alpha value is -3.68. The summed E-state index contributed by atoms with van der Waals surface area (Å²) in [5.74, 6) is 0.683. The van der Waals surface area contributed by atoms with Gasteiger partial charge in [-0.2, -0.15) is 0 Å². The van der Waals surface area contributed by atoms with E-state index in [-0.39, 0.29) is 17.7 Å². The zero-order chi connectivity index (χ0) is 22.5. The maximum atomic E-state index is 12.7. The Kier molecular flexibility index (Phi) is 6.49. The molecule has 1 unspecified atom stereocenters. The Morgan fingerprint density at radius 1 is 1.19 bits per heavy atom. The van der Waals surface area contributed by atoms with Crippen LogP contribution in [0.5, 0.6) is 5.75 Å². The van der Waals surface area contributed by atoms with Crippen LogP contribution in [-0.2, 0) is 11.3 Å². The van der Waals surface area contributed by atoms with E-state index in [2.05, 4.69) is 15.6 Å². The maximum Gasteiger partial charge on any atom is 0.273 e. The Bertz CT molecular complexity index is 1100. The van der Waals surface area contributed by atoms with Crippen LogP contribution in [0.3, 0.4) is 0 Å². The second kappa shape index (κ2) is 9.64. The third-order valence-electron chi connectivity index (χ3n) is 5.54. The van der Waals surface area contributed by atoms with Gasteiger partial charge in [0.25, 0.3) is 5.91 Å². The van der Waals surface area contributed by atoms with Crippen molar-refractivity contribution < 1.29 is 14.3 Å². The summed E-state index contributed by atoms with van der Waals surface area (Å²) in [5.41, 5.74) is 2.85. The number of rotatable bonds is 8. The fraction of sp³-hybridized carbons (Fsp3) is 0.333. The largest absolute Gasteiger partial charge is 0.494 e. The van der Waals surface area contributed by atoms with Crippen molar-refractivity contribution in [3.05, 3.63) is 71.5 Å². The summed E-state index contributed by atoms with van der Waals surface area (Å²) in [6, 6.07) is 17.4. The lowest BCUT2D eigenvalue weighted by Crippen LogP contribution is -2.31. The molecular formula is C24H27N5O3. The normalized spacial score (nSPS) is 15.8. The van der Waals surface area contributed by atoms with Gasteiger partial charge in [0.1, 0.15) is 5.75 Å². The number of para-hydroxylation sites is 1. The van der Waals surface area contributed by atoms with E-state index in [1.54, 1.807) is 4.68 Å². The van der Waals surface area contributed by atoms with Crippen LogP contribution in [0.4, 0.5) is 0 Å². The zero-order valence-electron chi connectivity index (χ0n) is 18.3. The fourth-order valence-corrected chi connectivity index (χ4v) is 3.94. The molecule has 2 heterocycles. The van der Waals surface area contributed by atoms with E-state index in [0.717, 1.165) is 17.0 Å². The van der Waals surface area contributed by atoms with E-state index < -0.39 is 0 Å². The first-order chi connectivity index (χ1) is 15.5. The number of benzene rings is 2. The molecule has 0 bridgehead atoms. The van der Waals surface area contributed by atoms with Gasteiger partial charge in [0.15, 0.2) is 5.69 Å². The summed E-state index contributed by atoms with van der Waals surface area (Å²) in [6.07, 6.45) is 0.418. The summed E-state index contributed by atoms with van der Waals surface area (Å²) < 4.78 is 7.19. The van der Waals surface area contributed by atoms with Crippen LogP contribution in [0.2, 0.25) is 0 Å². The predicted octanol–water partition coefficient (Wildman–Crippen LogP) is 2.75. The first-order valence-electron chi connectivity index (χ1n) is 10.8. The molecule has 1 fully saturated rings. The number of nitrogens with one attached hydrogen (secondary N) is 1. The Labute approximate surface area is 187 Å². The lowest BCUT2D eigenvalue weighted by molar-refractivity contribution is -0.128. The molecule has 8 heteroatoms. The van der Waals surface area contributed by atoms with Crippen molar-refractivity contribution in [2.75, 3.05) is 19.7 Å². The molecule has 1 aliphatic rings. The van der Waals surface area contributed by atoms with Crippen LogP contribution in [0.1, 0.15) is 35.1 Å². The average molecular weight is 434 g/mol. The molecule has 3 aromatic rings. The number of likely N-dealkylation sites (tertiary alicyclic amines) is 1. The van der Waals surface area contributed by atoms with Gasteiger partial charge in [0, 0.05) is 32.0 Å². The van der Waals surface area contributed by atoms with Gasteiger partial charge in [-0.05, 0) is 43.7 Å². The first-order valence-corrected chi connectivity index (χ1v) is 10.8. The summed E-state index contributed by atoms with van der Waals surface area (Å²) in [7, 11) is 0. The van der Waals surface area contributed by atoms with Crippen molar-refractivity contribution in [3.63, 3.8) is 0 Å². The Balaban J connectivity index is 1.33. The van der Waals surface area contributed by atoms with Gasteiger partial charge in [-0.3, -0.25) is 9.59 Å². The summed E-state index contributed by atoms with van der Waals surface area (Å²) in [5, 5.41) is 11.1. The summed E-state index contributed by atoms with van der Waals surface area (Å²) in [6.45, 7) is 5.92.